The van der Waals surface area contributed by atoms with Crippen LogP contribution in [0.25, 0.3) is 0 Å². The van der Waals surface area contributed by atoms with Gasteiger partial charge in [0.25, 0.3) is 15.9 Å². The summed E-state index contributed by atoms with van der Waals surface area (Å²) in [7, 11) is -3.87. The number of anilines is 1. The van der Waals surface area contributed by atoms with E-state index >= 15 is 0 Å². The van der Waals surface area contributed by atoms with Gasteiger partial charge in [-0.15, -0.1) is 0 Å². The summed E-state index contributed by atoms with van der Waals surface area (Å²) >= 11 is 0. The fraction of sp³-hybridized carbons (Fsp3) is 0.471. The van der Waals surface area contributed by atoms with Crippen molar-refractivity contribution in [2.24, 2.45) is 16.8 Å². The van der Waals surface area contributed by atoms with Crippen LogP contribution in [0.2, 0.25) is 0 Å². The maximum absolute atomic E-state index is 13.4. The zero-order valence-corrected chi connectivity index (χ0v) is 25.8. The second-order valence-corrected chi connectivity index (χ2v) is 13.6. The van der Waals surface area contributed by atoms with Gasteiger partial charge in [-0.05, 0) is 92.8 Å². The number of aliphatic imine (C=N–C) groups is 1. The molecule has 4 heterocycles. The number of para-hydroxylation sites is 1. The van der Waals surface area contributed by atoms with Crippen LogP contribution in [0.3, 0.4) is 0 Å². The molecule has 0 aromatic heterocycles. The Kier molecular flexibility index (Phi) is 9.95. The van der Waals surface area contributed by atoms with Crippen molar-refractivity contribution >= 4 is 33.5 Å². The zero-order chi connectivity index (χ0) is 29.5. The molecule has 2 atom stereocenters. The maximum atomic E-state index is 13.4. The number of sulfonamides is 1. The summed E-state index contributed by atoms with van der Waals surface area (Å²) in [6, 6.07) is 11.8. The molecule has 0 unspecified atom stereocenters. The number of nitrogens with zero attached hydrogens (tertiary/aromatic N) is 3. The molecular weight excluding hydrogens is 544 g/mol. The molecule has 42 heavy (non-hydrogen) atoms. The number of allylic oxidation sites excluding steroid dienone is 2. The first kappa shape index (κ1) is 30.2. The first-order valence-electron chi connectivity index (χ1n) is 15.4. The number of piperazine rings is 1. The number of hydrogen-bond acceptors (Lipinski definition) is 5. The molecule has 4 aliphatic heterocycles. The van der Waals surface area contributed by atoms with E-state index in [1.54, 1.807) is 18.2 Å². The van der Waals surface area contributed by atoms with Crippen LogP contribution >= 0.6 is 0 Å². The van der Waals surface area contributed by atoms with Crippen molar-refractivity contribution in [3.63, 3.8) is 0 Å². The van der Waals surface area contributed by atoms with Gasteiger partial charge in [0, 0.05) is 44.5 Å². The van der Waals surface area contributed by atoms with Crippen molar-refractivity contribution in [3.05, 3.63) is 77.4 Å². The van der Waals surface area contributed by atoms with Crippen LogP contribution < -0.4 is 4.72 Å². The standard InChI is InChI=1S/C34H44N4O3S/c1-3-27-14-15-28-9-4-5-10-29(12-7-11-28)24-35-33-26(2)8-6-13-32(33)36-42(40,41)31-18-16-30(17-19-31)34(39)38-22-20-37(25-27)21-23-38/h3,6,8,13-19,24,28-29,36H,4-5,7,9-12,20-23,25H2,1-2H3/b15-14-,27-3+,35-24-/t28-,29+/m1/s1. The van der Waals surface area contributed by atoms with Crippen molar-refractivity contribution in [2.75, 3.05) is 37.4 Å². The number of hydrogen-bond donors (Lipinski definition) is 1. The minimum atomic E-state index is -3.87. The van der Waals surface area contributed by atoms with E-state index in [4.69, 9.17) is 4.99 Å². The van der Waals surface area contributed by atoms with Gasteiger partial charge in [-0.1, -0.05) is 49.6 Å². The first-order valence-corrected chi connectivity index (χ1v) is 16.9. The molecule has 0 radical (unpaired) electrons. The average molecular weight is 589 g/mol. The number of carbonyl (C=O) groups excluding carboxylic acids is 1. The molecular formula is C34H44N4O3S. The van der Waals surface area contributed by atoms with Crippen molar-refractivity contribution in [1.29, 1.82) is 0 Å². The fourth-order valence-corrected chi connectivity index (χ4v) is 7.27. The average Bonchev–Trinajstić information content (AvgIpc) is 3.10. The summed E-state index contributed by atoms with van der Waals surface area (Å²) < 4.78 is 29.5. The Morgan fingerprint density at radius 1 is 0.905 bits per heavy atom. The third kappa shape index (κ3) is 7.58. The lowest BCUT2D eigenvalue weighted by Crippen LogP contribution is -2.49. The molecule has 224 valence electrons. The van der Waals surface area contributed by atoms with Crippen LogP contribution in [0.5, 0.6) is 0 Å². The van der Waals surface area contributed by atoms with E-state index in [9.17, 15) is 13.2 Å². The van der Waals surface area contributed by atoms with Gasteiger partial charge in [0.2, 0.25) is 0 Å². The number of benzene rings is 2. The number of carbonyl (C=O) groups is 1. The predicted molar refractivity (Wildman–Crippen MR) is 171 cm³/mol. The smallest absolute Gasteiger partial charge is 0.261 e. The topological polar surface area (TPSA) is 82.1 Å². The van der Waals surface area contributed by atoms with Crippen molar-refractivity contribution in [1.82, 2.24) is 9.80 Å². The second kappa shape index (κ2) is 13.8. The van der Waals surface area contributed by atoms with Crippen molar-refractivity contribution in [3.8, 4) is 0 Å². The van der Waals surface area contributed by atoms with E-state index in [2.05, 4.69) is 34.8 Å². The van der Waals surface area contributed by atoms with E-state index in [1.165, 1.54) is 43.4 Å². The monoisotopic (exact) mass is 588 g/mol. The molecule has 0 spiro atoms. The molecule has 2 fully saturated rings. The largest absolute Gasteiger partial charge is 0.336 e. The van der Waals surface area contributed by atoms with Gasteiger partial charge in [0.1, 0.15) is 0 Å². The van der Waals surface area contributed by atoms with E-state index < -0.39 is 10.0 Å². The highest BCUT2D eigenvalue weighted by molar-refractivity contribution is 7.92. The summed E-state index contributed by atoms with van der Waals surface area (Å²) in [5.41, 5.74) is 3.86. The zero-order valence-electron chi connectivity index (χ0n) is 25.0. The Bertz CT molecular complexity index is 1440. The van der Waals surface area contributed by atoms with Crippen LogP contribution in [-0.4, -0.2) is 63.1 Å². The SMILES string of the molecule is C/C=C1\C=C/[C@@H]2CCCC[C@H](/C=N\c3c(C)cccc3NS(=O)(=O)c3ccc(cc3)C(=O)N3CCN(CC3)C1)CCC2. The van der Waals surface area contributed by atoms with Crippen LogP contribution in [0.15, 0.2) is 76.2 Å². The van der Waals surface area contributed by atoms with E-state index in [1.807, 2.05) is 30.2 Å². The summed E-state index contributed by atoms with van der Waals surface area (Å²) in [4.78, 5) is 22.5. The van der Waals surface area contributed by atoms with Gasteiger partial charge < -0.3 is 4.90 Å². The van der Waals surface area contributed by atoms with Crippen LogP contribution in [0, 0.1) is 18.8 Å². The molecule has 2 aromatic carbocycles. The number of aryl methyl sites for hydroxylation is 1. The lowest BCUT2D eigenvalue weighted by molar-refractivity contribution is 0.0648. The summed E-state index contributed by atoms with van der Waals surface area (Å²) in [5.74, 6) is 0.890. The predicted octanol–water partition coefficient (Wildman–Crippen LogP) is 6.75. The molecule has 1 saturated carbocycles. The van der Waals surface area contributed by atoms with Gasteiger partial charge >= 0.3 is 0 Å². The second-order valence-electron chi connectivity index (χ2n) is 11.9. The quantitative estimate of drug-likeness (QED) is 0.369. The van der Waals surface area contributed by atoms with Gasteiger partial charge in [-0.3, -0.25) is 19.4 Å². The van der Waals surface area contributed by atoms with E-state index in [0.29, 0.717) is 41.9 Å². The maximum Gasteiger partial charge on any atom is 0.261 e. The Hall–Kier alpha value is -3.23. The summed E-state index contributed by atoms with van der Waals surface area (Å²) in [6.45, 7) is 7.90. The molecule has 7 nitrogen and oxygen atoms in total. The molecule has 1 amide bonds. The Labute approximate surface area is 251 Å². The van der Waals surface area contributed by atoms with Crippen molar-refractivity contribution in [2.45, 2.75) is 63.7 Å². The fourth-order valence-electron chi connectivity index (χ4n) is 6.21. The number of amides is 1. The minimum Gasteiger partial charge on any atom is -0.336 e. The molecule has 1 N–H and O–H groups in total. The van der Waals surface area contributed by atoms with E-state index in [0.717, 1.165) is 44.5 Å². The third-order valence-electron chi connectivity index (χ3n) is 8.88. The molecule has 2 aromatic rings. The molecule has 1 aliphatic carbocycles. The Balaban J connectivity index is 1.45. The lowest BCUT2D eigenvalue weighted by atomic mass is 9.95. The molecule has 1 saturated heterocycles. The first-order chi connectivity index (χ1) is 20.3. The number of rotatable bonds is 0. The van der Waals surface area contributed by atoms with Crippen LogP contribution in [0.1, 0.15) is 67.8 Å². The summed E-state index contributed by atoms with van der Waals surface area (Å²) in [6.07, 6.45) is 17.1. The van der Waals surface area contributed by atoms with Crippen molar-refractivity contribution < 1.29 is 13.2 Å². The minimum absolute atomic E-state index is 0.0645. The number of nitrogens with one attached hydrogen (secondary N) is 1. The van der Waals surface area contributed by atoms with Crippen LogP contribution in [-0.2, 0) is 10.0 Å². The van der Waals surface area contributed by atoms with E-state index in [-0.39, 0.29) is 10.8 Å². The third-order valence-corrected chi connectivity index (χ3v) is 10.3. The highest BCUT2D eigenvalue weighted by atomic mass is 32.2. The Morgan fingerprint density at radius 3 is 2.33 bits per heavy atom. The van der Waals surface area contributed by atoms with Gasteiger partial charge in [-0.25, -0.2) is 8.42 Å². The highest BCUT2D eigenvalue weighted by Crippen LogP contribution is 2.32. The molecule has 8 heteroatoms. The van der Waals surface area contributed by atoms with Crippen LogP contribution in [0.4, 0.5) is 11.4 Å². The summed E-state index contributed by atoms with van der Waals surface area (Å²) in [5, 5.41) is 0. The molecule has 7 rings (SSSR count). The normalized spacial score (nSPS) is 26.6. The molecule has 6 bridgehead atoms. The van der Waals surface area contributed by atoms with Gasteiger partial charge in [-0.2, -0.15) is 0 Å². The number of fused-ring (bicyclic) bond motifs is 2. The highest BCUT2D eigenvalue weighted by Gasteiger charge is 2.24. The van der Waals surface area contributed by atoms with Gasteiger partial charge in [0.05, 0.1) is 16.3 Å². The lowest BCUT2D eigenvalue weighted by Gasteiger charge is -2.35. The van der Waals surface area contributed by atoms with Gasteiger partial charge in [0.15, 0.2) is 0 Å². The molecule has 5 aliphatic rings. The Morgan fingerprint density at radius 2 is 1.60 bits per heavy atom.